The topological polar surface area (TPSA) is 43.2 Å². The van der Waals surface area contributed by atoms with E-state index in [4.69, 9.17) is 0 Å². The second-order valence-corrected chi connectivity index (χ2v) is 10.3. The van der Waals surface area contributed by atoms with Gasteiger partial charge in [-0.05, 0) is 70.8 Å². The minimum atomic E-state index is -0.562. The van der Waals surface area contributed by atoms with Gasteiger partial charge in [-0.2, -0.15) is 5.26 Å². The molecule has 1 aromatic heterocycles. The number of aromatic nitrogens is 1. The van der Waals surface area contributed by atoms with E-state index in [0.29, 0.717) is 5.69 Å². The predicted octanol–water partition coefficient (Wildman–Crippen LogP) is 8.90. The van der Waals surface area contributed by atoms with Gasteiger partial charge in [-0.25, -0.2) is 4.98 Å². The van der Waals surface area contributed by atoms with E-state index in [0.717, 1.165) is 34.1 Å². The van der Waals surface area contributed by atoms with E-state index in [9.17, 15) is 5.26 Å². The van der Waals surface area contributed by atoms with Crippen LogP contribution in [0, 0.1) is 11.3 Å². The van der Waals surface area contributed by atoms with Crippen molar-refractivity contribution in [2.45, 2.75) is 5.41 Å². The number of para-hydroxylation sites is 5. The van der Waals surface area contributed by atoms with Gasteiger partial charge in [-0.15, -0.1) is 0 Å². The van der Waals surface area contributed by atoms with E-state index in [2.05, 4.69) is 148 Å². The second kappa shape index (κ2) is 8.94. The second-order valence-electron chi connectivity index (χ2n) is 10.3. The minimum absolute atomic E-state index is 0.393. The number of rotatable bonds is 2. The van der Waals surface area contributed by atoms with Gasteiger partial charge in [0.15, 0.2) is 0 Å². The molecule has 2 aliphatic rings. The Morgan fingerprint density at radius 3 is 1.37 bits per heavy atom. The van der Waals surface area contributed by atoms with Crippen LogP contribution in [0.3, 0.4) is 0 Å². The summed E-state index contributed by atoms with van der Waals surface area (Å²) in [7, 11) is 0. The molecule has 41 heavy (non-hydrogen) atoms. The zero-order valence-corrected chi connectivity index (χ0v) is 22.1. The van der Waals surface area contributed by atoms with E-state index in [1.807, 2.05) is 12.1 Å². The molecule has 3 heterocycles. The van der Waals surface area contributed by atoms with Crippen LogP contribution in [0.5, 0.6) is 0 Å². The van der Waals surface area contributed by atoms with Crippen molar-refractivity contribution in [1.29, 1.82) is 5.26 Å². The Kier molecular flexibility index (Phi) is 5.07. The maximum atomic E-state index is 9.65. The molecule has 0 saturated carbocycles. The van der Waals surface area contributed by atoms with Gasteiger partial charge in [-0.3, -0.25) is 0 Å². The molecule has 0 bridgehead atoms. The zero-order chi connectivity index (χ0) is 27.4. The molecule has 0 radical (unpaired) electrons. The lowest BCUT2D eigenvalue weighted by molar-refractivity contribution is 0.718. The molecule has 8 rings (SSSR count). The molecule has 0 fully saturated rings. The molecular weight excluding hydrogens is 500 g/mol. The molecule has 0 amide bonds. The van der Waals surface area contributed by atoms with Gasteiger partial charge in [0.05, 0.1) is 33.9 Å². The molecule has 5 aromatic carbocycles. The Balaban J connectivity index is 1.51. The van der Waals surface area contributed by atoms with Crippen molar-refractivity contribution < 1.29 is 0 Å². The Morgan fingerprint density at radius 1 is 0.488 bits per heavy atom. The van der Waals surface area contributed by atoms with Crippen LogP contribution >= 0.6 is 0 Å². The summed E-state index contributed by atoms with van der Waals surface area (Å²) in [4.78, 5) is 8.91. The summed E-state index contributed by atoms with van der Waals surface area (Å²) in [6.45, 7) is 0. The van der Waals surface area contributed by atoms with Gasteiger partial charge < -0.3 is 9.80 Å². The van der Waals surface area contributed by atoms with Gasteiger partial charge in [0, 0.05) is 11.9 Å². The highest BCUT2D eigenvalue weighted by Crippen LogP contribution is 2.63. The van der Waals surface area contributed by atoms with E-state index < -0.39 is 5.41 Å². The van der Waals surface area contributed by atoms with Gasteiger partial charge in [0.2, 0.25) is 0 Å². The van der Waals surface area contributed by atoms with Gasteiger partial charge in [0.25, 0.3) is 0 Å². The van der Waals surface area contributed by atoms with Crippen LogP contribution in [0.2, 0.25) is 0 Å². The molecule has 6 aromatic rings. The largest absolute Gasteiger partial charge is 0.310 e. The fourth-order valence-electron chi connectivity index (χ4n) is 6.83. The molecule has 0 atom stereocenters. The molecule has 2 aliphatic heterocycles. The van der Waals surface area contributed by atoms with Crippen molar-refractivity contribution in [2.75, 3.05) is 9.80 Å². The van der Waals surface area contributed by atoms with Crippen molar-refractivity contribution in [3.8, 4) is 6.07 Å². The first-order valence-electron chi connectivity index (χ1n) is 13.7. The SMILES string of the molecule is N#Cc1cc(N2c3ccccc3C3(c4ccccc4N(c4ccccc4)c4ccccc43)c3ccccc32)ccn1. The van der Waals surface area contributed by atoms with Gasteiger partial charge >= 0.3 is 0 Å². The average molecular weight is 525 g/mol. The predicted molar refractivity (Wildman–Crippen MR) is 164 cm³/mol. The van der Waals surface area contributed by atoms with Gasteiger partial charge in [0.1, 0.15) is 11.8 Å². The summed E-state index contributed by atoms with van der Waals surface area (Å²) >= 11 is 0. The minimum Gasteiger partial charge on any atom is -0.310 e. The lowest BCUT2D eigenvalue weighted by Crippen LogP contribution is -2.41. The Morgan fingerprint density at radius 2 is 0.902 bits per heavy atom. The molecular formula is C37H24N4. The summed E-state index contributed by atoms with van der Waals surface area (Å²) < 4.78 is 0. The summed E-state index contributed by atoms with van der Waals surface area (Å²) in [6.07, 6.45) is 1.71. The van der Waals surface area contributed by atoms with Crippen LogP contribution in [-0.2, 0) is 5.41 Å². The molecule has 0 N–H and O–H groups in total. The van der Waals surface area contributed by atoms with E-state index in [1.54, 1.807) is 6.20 Å². The molecule has 0 unspecified atom stereocenters. The molecule has 4 heteroatoms. The van der Waals surface area contributed by atoms with Crippen molar-refractivity contribution in [3.05, 3.63) is 174 Å². The molecule has 1 spiro atoms. The monoisotopic (exact) mass is 524 g/mol. The van der Waals surface area contributed by atoms with Crippen LogP contribution in [-0.4, -0.2) is 4.98 Å². The van der Waals surface area contributed by atoms with E-state index in [1.165, 1.54) is 22.3 Å². The summed E-state index contributed by atoms with van der Waals surface area (Å²) in [6, 6.07) is 51.6. The number of benzene rings is 5. The number of fused-ring (bicyclic) bond motifs is 8. The Bertz CT molecular complexity index is 1890. The van der Waals surface area contributed by atoms with Crippen LogP contribution in [0.1, 0.15) is 27.9 Å². The lowest BCUT2D eigenvalue weighted by atomic mass is 9.60. The third kappa shape index (κ3) is 3.18. The standard InChI is InChI=1S/C37H24N4/c38-25-26-24-28(22-23-39-26)41-35-20-10-6-16-31(35)37(32-17-7-11-21-36(32)41)29-14-4-8-18-33(29)40(27-12-2-1-3-13-27)34-19-9-5-15-30(34)37/h1-24H. The summed E-state index contributed by atoms with van der Waals surface area (Å²) in [5.74, 6) is 0. The van der Waals surface area contributed by atoms with Crippen molar-refractivity contribution in [2.24, 2.45) is 0 Å². The third-order valence-corrected chi connectivity index (χ3v) is 8.33. The van der Waals surface area contributed by atoms with E-state index >= 15 is 0 Å². The van der Waals surface area contributed by atoms with Crippen LogP contribution < -0.4 is 9.80 Å². The molecule has 0 aliphatic carbocycles. The fourth-order valence-corrected chi connectivity index (χ4v) is 6.83. The molecule has 192 valence electrons. The Hall–Kier alpha value is -5.66. The maximum Gasteiger partial charge on any atom is 0.142 e. The van der Waals surface area contributed by atoms with Crippen LogP contribution in [0.15, 0.2) is 146 Å². The van der Waals surface area contributed by atoms with Crippen LogP contribution in [0.25, 0.3) is 0 Å². The highest BCUT2D eigenvalue weighted by atomic mass is 15.2. The van der Waals surface area contributed by atoms with E-state index in [-0.39, 0.29) is 0 Å². The smallest absolute Gasteiger partial charge is 0.142 e. The first-order valence-corrected chi connectivity index (χ1v) is 13.7. The number of anilines is 6. The molecule has 4 nitrogen and oxygen atoms in total. The zero-order valence-electron chi connectivity index (χ0n) is 22.1. The highest BCUT2D eigenvalue weighted by Gasteiger charge is 2.51. The normalized spacial score (nSPS) is 13.9. The number of nitriles is 1. The van der Waals surface area contributed by atoms with Crippen LogP contribution in [0.4, 0.5) is 34.1 Å². The third-order valence-electron chi connectivity index (χ3n) is 8.33. The number of hydrogen-bond donors (Lipinski definition) is 0. The number of nitrogens with zero attached hydrogens (tertiary/aromatic N) is 4. The fraction of sp³-hybridized carbons (Fsp3) is 0.0270. The highest BCUT2D eigenvalue weighted by molar-refractivity contribution is 5.96. The first kappa shape index (κ1) is 23.2. The Labute approximate surface area is 239 Å². The summed E-state index contributed by atoms with van der Waals surface area (Å²) in [5, 5.41) is 9.65. The average Bonchev–Trinajstić information content (AvgIpc) is 3.05. The van der Waals surface area contributed by atoms with Crippen molar-refractivity contribution in [1.82, 2.24) is 4.98 Å². The molecule has 0 saturated heterocycles. The quantitative estimate of drug-likeness (QED) is 0.226. The number of pyridine rings is 1. The lowest BCUT2D eigenvalue weighted by Gasteiger charge is -2.51. The van der Waals surface area contributed by atoms with Crippen molar-refractivity contribution >= 4 is 34.1 Å². The summed E-state index contributed by atoms with van der Waals surface area (Å²) in [5.41, 5.74) is 11.2. The van der Waals surface area contributed by atoms with Crippen molar-refractivity contribution in [3.63, 3.8) is 0 Å². The first-order chi connectivity index (χ1) is 20.3. The number of hydrogen-bond acceptors (Lipinski definition) is 4. The maximum absolute atomic E-state index is 9.65. The van der Waals surface area contributed by atoms with Gasteiger partial charge in [-0.1, -0.05) is 91.0 Å².